The van der Waals surface area contributed by atoms with E-state index in [1.165, 1.54) is 16.1 Å². The number of aromatic amines is 1. The second kappa shape index (κ2) is 12.3. The molecule has 1 atom stereocenters. The monoisotopic (exact) mass is 468 g/mol. The highest BCUT2D eigenvalue weighted by Crippen LogP contribution is 2.32. The predicted molar refractivity (Wildman–Crippen MR) is 135 cm³/mol. The van der Waals surface area contributed by atoms with Crippen molar-refractivity contribution in [2.45, 2.75) is 11.3 Å². The number of hydrogen-bond acceptors (Lipinski definition) is 7. The first-order valence-corrected chi connectivity index (χ1v) is 11.9. The zero-order valence-electron chi connectivity index (χ0n) is 19.6. The number of fused-ring (bicyclic) bond motifs is 1. The van der Waals surface area contributed by atoms with Crippen LogP contribution in [0, 0.1) is 5.92 Å². The van der Waals surface area contributed by atoms with Crippen molar-refractivity contribution in [2.24, 2.45) is 5.92 Å². The molecule has 8 heteroatoms. The maximum atomic E-state index is 10.6. The molecule has 7 nitrogen and oxygen atoms in total. The lowest BCUT2D eigenvalue weighted by atomic mass is 9.98. The average molecular weight is 469 g/mol. The molecule has 0 fully saturated rings. The predicted octanol–water partition coefficient (Wildman–Crippen LogP) is 4.22. The number of nitrogens with zero attached hydrogens (tertiary/aromatic N) is 2. The lowest BCUT2D eigenvalue weighted by Gasteiger charge is -2.21. The molecule has 2 aromatic carbocycles. The molecule has 176 valence electrons. The van der Waals surface area contributed by atoms with Gasteiger partial charge in [0.25, 0.3) is 0 Å². The summed E-state index contributed by atoms with van der Waals surface area (Å²) < 4.78 is 10.5. The van der Waals surface area contributed by atoms with Crippen LogP contribution in [0.1, 0.15) is 5.56 Å². The van der Waals surface area contributed by atoms with Crippen LogP contribution in [0.15, 0.2) is 53.7 Å². The first-order valence-electron chi connectivity index (χ1n) is 10.9. The average Bonchev–Trinajstić information content (AvgIpc) is 3.38. The van der Waals surface area contributed by atoms with Crippen molar-refractivity contribution in [1.82, 2.24) is 15.1 Å². The van der Waals surface area contributed by atoms with Crippen molar-refractivity contribution in [1.29, 1.82) is 0 Å². The fourth-order valence-corrected chi connectivity index (χ4v) is 4.60. The van der Waals surface area contributed by atoms with Crippen molar-refractivity contribution >= 4 is 23.7 Å². The third-order valence-electron chi connectivity index (χ3n) is 5.27. The van der Waals surface area contributed by atoms with Crippen molar-refractivity contribution in [3.8, 4) is 22.6 Å². The summed E-state index contributed by atoms with van der Waals surface area (Å²) in [6.45, 7) is 1.56. The number of thioether (sulfide) groups is 1. The summed E-state index contributed by atoms with van der Waals surface area (Å²) in [5, 5.41) is 10.1. The van der Waals surface area contributed by atoms with Gasteiger partial charge in [0, 0.05) is 41.7 Å². The van der Waals surface area contributed by atoms with Crippen LogP contribution in [0.3, 0.4) is 0 Å². The number of benzene rings is 2. The molecule has 0 radical (unpaired) electrons. The molecule has 1 aliphatic heterocycles. The number of aromatic nitrogens is 2. The molecular weight excluding hydrogens is 436 g/mol. The van der Waals surface area contributed by atoms with Crippen LogP contribution in [0.25, 0.3) is 11.1 Å². The lowest BCUT2D eigenvalue weighted by molar-refractivity contribution is -0.112. The van der Waals surface area contributed by atoms with Crippen molar-refractivity contribution in [2.75, 3.05) is 52.5 Å². The molecular formula is C25H32N4O3S. The van der Waals surface area contributed by atoms with Crippen molar-refractivity contribution in [3.63, 3.8) is 0 Å². The van der Waals surface area contributed by atoms with Crippen molar-refractivity contribution < 1.29 is 14.3 Å². The number of carbonyl (C=O) groups excluding carboxylic acids is 1. The third-order valence-corrected chi connectivity index (χ3v) is 6.31. The van der Waals surface area contributed by atoms with E-state index in [4.69, 9.17) is 9.47 Å². The highest BCUT2D eigenvalue weighted by molar-refractivity contribution is 7.99. The van der Waals surface area contributed by atoms with Crippen LogP contribution >= 0.6 is 11.8 Å². The van der Waals surface area contributed by atoms with Gasteiger partial charge in [0.1, 0.15) is 17.8 Å². The fraction of sp³-hybridized carbons (Fsp3) is 0.360. The Kier molecular flexibility index (Phi) is 9.21. The topological polar surface area (TPSA) is 79.5 Å². The number of rotatable bonds is 8. The molecule has 0 saturated carbocycles. The zero-order valence-corrected chi connectivity index (χ0v) is 20.4. The quantitative estimate of drug-likeness (QED) is 0.379. The molecule has 33 heavy (non-hydrogen) atoms. The van der Waals surface area contributed by atoms with Gasteiger partial charge in [-0.05, 0) is 62.0 Å². The Morgan fingerprint density at radius 1 is 1.27 bits per heavy atom. The zero-order chi connectivity index (χ0) is 23.6. The summed E-state index contributed by atoms with van der Waals surface area (Å²) in [6.07, 6.45) is 5.46. The first-order chi connectivity index (χ1) is 16.0. The number of methoxy groups -OCH3 is 1. The van der Waals surface area contributed by atoms with E-state index in [-0.39, 0.29) is 5.92 Å². The molecule has 2 N–H and O–H groups in total. The van der Waals surface area contributed by atoms with Crippen LogP contribution in [0.5, 0.6) is 11.5 Å². The minimum absolute atomic E-state index is 0.0189. The van der Waals surface area contributed by atoms with Gasteiger partial charge >= 0.3 is 0 Å². The van der Waals surface area contributed by atoms with Gasteiger partial charge in [-0.25, -0.2) is 0 Å². The van der Waals surface area contributed by atoms with Gasteiger partial charge < -0.3 is 24.5 Å². The van der Waals surface area contributed by atoms with Gasteiger partial charge in [0.15, 0.2) is 0 Å². The number of hydrogen-bond donors (Lipinski definition) is 2. The normalized spacial score (nSPS) is 14.5. The van der Waals surface area contributed by atoms with Crippen LogP contribution in [0.2, 0.25) is 0 Å². The second-order valence-corrected chi connectivity index (χ2v) is 9.12. The minimum Gasteiger partial charge on any atom is -0.497 e. The molecule has 1 aromatic heterocycles. The number of nitrogens with one attached hydrogen (secondary N) is 2. The molecule has 0 spiro atoms. The van der Waals surface area contributed by atoms with Gasteiger partial charge in [-0.15, -0.1) is 11.8 Å². The molecule has 4 rings (SSSR count). The highest BCUT2D eigenvalue weighted by Gasteiger charge is 2.19. The summed E-state index contributed by atoms with van der Waals surface area (Å²) >= 11 is 1.88. The van der Waals surface area contributed by atoms with E-state index in [9.17, 15) is 4.79 Å². The first kappa shape index (κ1) is 24.7. The highest BCUT2D eigenvalue weighted by atomic mass is 32.2. The second-order valence-electron chi connectivity index (χ2n) is 7.98. The molecule has 2 heterocycles. The standard InChI is InChI=1S/C14H20N4S.C11H12O3/c1-15-13-5-4-11(12-9-16-17-10-12)8-14(13)19-7-6-18(2)3;1-13-10-2-3-11-9(5-10)4-8(6-12)7-14-11/h4-5,8-10,15H,6-7H2,1-3H3,(H,16,17);2-3,5-6,8H,4,7H2,1H3. The summed E-state index contributed by atoms with van der Waals surface area (Å²) in [5.74, 6) is 2.73. The summed E-state index contributed by atoms with van der Waals surface area (Å²) in [6, 6.07) is 12.1. The van der Waals surface area contributed by atoms with Crippen LogP contribution < -0.4 is 14.8 Å². The van der Waals surface area contributed by atoms with E-state index < -0.39 is 0 Å². The Morgan fingerprint density at radius 2 is 2.12 bits per heavy atom. The largest absolute Gasteiger partial charge is 0.497 e. The van der Waals surface area contributed by atoms with E-state index in [0.29, 0.717) is 6.61 Å². The summed E-state index contributed by atoms with van der Waals surface area (Å²) in [5.41, 5.74) is 4.54. The van der Waals surface area contributed by atoms with Gasteiger partial charge in [-0.1, -0.05) is 6.07 Å². The minimum atomic E-state index is -0.0189. The fourth-order valence-electron chi connectivity index (χ4n) is 3.38. The third kappa shape index (κ3) is 7.00. The molecule has 1 aliphatic rings. The number of aldehydes is 1. The SMILES string of the molecule is CNc1ccc(-c2cn[nH]c2)cc1SCCN(C)C.COc1ccc2c(c1)CC(C=O)CO2. The lowest BCUT2D eigenvalue weighted by Crippen LogP contribution is -2.21. The molecule has 0 amide bonds. The number of anilines is 1. The van der Waals surface area contributed by atoms with E-state index in [0.717, 1.165) is 47.6 Å². The number of carbonyl (C=O) groups is 1. The van der Waals surface area contributed by atoms with E-state index in [1.807, 2.05) is 49.4 Å². The Hall–Kier alpha value is -2.97. The Morgan fingerprint density at radius 3 is 2.79 bits per heavy atom. The number of ether oxygens (including phenoxy) is 2. The molecule has 1 unspecified atom stereocenters. The van der Waals surface area contributed by atoms with E-state index >= 15 is 0 Å². The summed E-state index contributed by atoms with van der Waals surface area (Å²) in [7, 11) is 7.79. The molecule has 0 aliphatic carbocycles. The van der Waals surface area contributed by atoms with Crippen LogP contribution in [0.4, 0.5) is 5.69 Å². The molecule has 0 saturated heterocycles. The van der Waals surface area contributed by atoms with Gasteiger partial charge in [-0.2, -0.15) is 5.10 Å². The Balaban J connectivity index is 0.000000194. The Labute approximate surface area is 199 Å². The number of H-pyrrole nitrogens is 1. The van der Waals surface area contributed by atoms with Gasteiger partial charge in [0.2, 0.25) is 0 Å². The van der Waals surface area contributed by atoms with Crippen molar-refractivity contribution in [3.05, 3.63) is 54.4 Å². The van der Waals surface area contributed by atoms with Crippen LogP contribution in [-0.4, -0.2) is 68.5 Å². The van der Waals surface area contributed by atoms with Gasteiger partial charge in [0.05, 0.1) is 25.8 Å². The van der Waals surface area contributed by atoms with E-state index in [2.05, 4.69) is 52.7 Å². The smallest absolute Gasteiger partial charge is 0.126 e. The Bertz CT molecular complexity index is 1020. The van der Waals surface area contributed by atoms with Gasteiger partial charge in [-0.3, -0.25) is 5.10 Å². The molecule has 0 bridgehead atoms. The maximum absolute atomic E-state index is 10.6. The molecule has 3 aromatic rings. The van der Waals surface area contributed by atoms with E-state index in [1.54, 1.807) is 7.11 Å². The van der Waals surface area contributed by atoms with Crippen LogP contribution in [-0.2, 0) is 11.2 Å². The maximum Gasteiger partial charge on any atom is 0.126 e. The summed E-state index contributed by atoms with van der Waals surface area (Å²) in [4.78, 5) is 14.1.